The van der Waals surface area contributed by atoms with Gasteiger partial charge >= 0.3 is 6.03 Å². The summed E-state index contributed by atoms with van der Waals surface area (Å²) < 4.78 is 35.8. The van der Waals surface area contributed by atoms with E-state index in [-0.39, 0.29) is 17.0 Å². The highest BCUT2D eigenvalue weighted by Crippen LogP contribution is 2.30. The Balaban J connectivity index is 0.000000309. The van der Waals surface area contributed by atoms with E-state index in [0.717, 1.165) is 80.9 Å². The Kier molecular flexibility index (Phi) is 10.4. The van der Waals surface area contributed by atoms with Gasteiger partial charge in [0.1, 0.15) is 11.9 Å². The van der Waals surface area contributed by atoms with Crippen LogP contribution in [0.1, 0.15) is 30.9 Å². The number of rotatable bonds is 5. The second-order valence-electron chi connectivity index (χ2n) is 11.6. The number of benzene rings is 3. The van der Waals surface area contributed by atoms with Gasteiger partial charge in [-0.1, -0.05) is 55.0 Å². The van der Waals surface area contributed by atoms with E-state index in [0.29, 0.717) is 0 Å². The highest BCUT2D eigenvalue weighted by molar-refractivity contribution is 7.85. The molecule has 2 amide bonds. The van der Waals surface area contributed by atoms with E-state index in [2.05, 4.69) is 66.2 Å². The largest absolute Gasteiger partial charge is 0.490 e. The van der Waals surface area contributed by atoms with Gasteiger partial charge in [0.15, 0.2) is 0 Å². The lowest BCUT2D eigenvalue weighted by molar-refractivity contribution is 0.0813. The molecule has 10 heteroatoms. The number of aromatic nitrogens is 1. The molecule has 2 aliphatic heterocycles. The lowest BCUT2D eigenvalue weighted by Crippen LogP contribution is -2.54. The summed E-state index contributed by atoms with van der Waals surface area (Å²) in [6, 6.07) is 22.9. The summed E-state index contributed by atoms with van der Waals surface area (Å²) in [5, 5.41) is 1.16. The number of ether oxygens (including phenoxy) is 1. The van der Waals surface area contributed by atoms with E-state index >= 15 is 0 Å². The van der Waals surface area contributed by atoms with Gasteiger partial charge in [-0.15, -0.1) is 0 Å². The minimum atomic E-state index is -4.02. The maximum atomic E-state index is 12.9. The number of likely N-dealkylation sites (N-methyl/N-ethyl adjacent to an activating group) is 1. The van der Waals surface area contributed by atoms with Crippen molar-refractivity contribution in [3.63, 3.8) is 0 Å². The summed E-state index contributed by atoms with van der Waals surface area (Å²) in [6.07, 6.45) is 3.75. The number of urea groups is 1. The van der Waals surface area contributed by atoms with Gasteiger partial charge in [0.05, 0.1) is 10.4 Å². The number of piperazine rings is 1. The van der Waals surface area contributed by atoms with Crippen LogP contribution in [0.5, 0.6) is 5.75 Å². The van der Waals surface area contributed by atoms with Crippen LogP contribution in [-0.2, 0) is 10.1 Å². The first-order chi connectivity index (χ1) is 21.6. The number of amides is 2. The van der Waals surface area contributed by atoms with Crippen molar-refractivity contribution < 1.29 is 22.5 Å². The number of hydrogen-bond acceptors (Lipinski definition) is 6. The number of carbonyl (C=O) groups excluding carboxylic acids is 1. The lowest BCUT2D eigenvalue weighted by atomic mass is 9.98. The van der Waals surface area contributed by atoms with Crippen molar-refractivity contribution in [2.75, 3.05) is 45.8 Å². The van der Waals surface area contributed by atoms with Crippen LogP contribution in [0.3, 0.4) is 0 Å². The third kappa shape index (κ3) is 8.19. The SMILES string of the molecule is CCN1CCN(C(=O)N2CCC(Oc3ccc(-c4ccc5cccnc5c4C)cc3)CC2)CC1.Cc1ccc(S(=O)(=O)O)cc1. The maximum Gasteiger partial charge on any atom is 0.320 e. The molecule has 2 saturated heterocycles. The smallest absolute Gasteiger partial charge is 0.320 e. The van der Waals surface area contributed by atoms with E-state index in [1.165, 1.54) is 28.8 Å². The quantitative estimate of drug-likeness (QED) is 0.268. The van der Waals surface area contributed by atoms with Crippen LogP contribution in [0.15, 0.2) is 83.9 Å². The number of carbonyl (C=O) groups is 1. The summed E-state index contributed by atoms with van der Waals surface area (Å²) in [6.45, 7) is 12.4. The van der Waals surface area contributed by atoms with E-state index in [1.54, 1.807) is 12.1 Å². The molecule has 3 heterocycles. The number of piperidine rings is 1. The van der Waals surface area contributed by atoms with E-state index in [4.69, 9.17) is 9.29 Å². The summed E-state index contributed by atoms with van der Waals surface area (Å²) in [4.78, 5) is 23.8. The Morgan fingerprint density at radius 3 is 2.13 bits per heavy atom. The molecule has 238 valence electrons. The zero-order valence-electron chi connectivity index (χ0n) is 26.2. The highest BCUT2D eigenvalue weighted by atomic mass is 32.2. The number of hydrogen-bond donors (Lipinski definition) is 1. The van der Waals surface area contributed by atoms with Gasteiger partial charge in [-0.2, -0.15) is 8.42 Å². The summed E-state index contributed by atoms with van der Waals surface area (Å²) in [7, 11) is -4.02. The summed E-state index contributed by atoms with van der Waals surface area (Å²) >= 11 is 0. The van der Waals surface area contributed by atoms with Crippen molar-refractivity contribution in [3.8, 4) is 16.9 Å². The Labute approximate surface area is 266 Å². The van der Waals surface area contributed by atoms with Crippen molar-refractivity contribution in [2.24, 2.45) is 0 Å². The minimum absolute atomic E-state index is 0.0666. The van der Waals surface area contributed by atoms with Gasteiger partial charge in [0.25, 0.3) is 10.1 Å². The van der Waals surface area contributed by atoms with Gasteiger partial charge < -0.3 is 19.4 Å². The van der Waals surface area contributed by atoms with Crippen molar-refractivity contribution in [3.05, 3.63) is 90.1 Å². The first-order valence-corrected chi connectivity index (χ1v) is 17.0. The molecule has 0 bridgehead atoms. The fourth-order valence-corrected chi connectivity index (χ4v) is 6.32. The number of likely N-dealkylation sites (tertiary alicyclic amines) is 1. The Morgan fingerprint density at radius 1 is 0.867 bits per heavy atom. The number of nitrogens with zero attached hydrogens (tertiary/aromatic N) is 4. The first kappa shape index (κ1) is 32.4. The molecule has 0 atom stereocenters. The molecular formula is C35H42N4O5S. The minimum Gasteiger partial charge on any atom is -0.490 e. The highest BCUT2D eigenvalue weighted by Gasteiger charge is 2.29. The fraction of sp³-hybridized carbons (Fsp3) is 0.371. The third-order valence-corrected chi connectivity index (χ3v) is 9.49. The lowest BCUT2D eigenvalue weighted by Gasteiger charge is -2.39. The summed E-state index contributed by atoms with van der Waals surface area (Å²) in [5.41, 5.74) is 5.57. The van der Waals surface area contributed by atoms with Crippen LogP contribution in [0.2, 0.25) is 0 Å². The predicted molar refractivity (Wildman–Crippen MR) is 177 cm³/mol. The van der Waals surface area contributed by atoms with Gasteiger partial charge in [0, 0.05) is 63.7 Å². The van der Waals surface area contributed by atoms with Gasteiger partial charge in [-0.3, -0.25) is 9.54 Å². The number of pyridine rings is 1. The first-order valence-electron chi connectivity index (χ1n) is 15.5. The van der Waals surface area contributed by atoms with Crippen LogP contribution in [0, 0.1) is 13.8 Å². The molecule has 0 saturated carbocycles. The molecule has 1 N–H and O–H groups in total. The normalized spacial score (nSPS) is 16.3. The standard InChI is InChI=1S/C28H34N4O2.C7H8O3S/c1-3-30-17-19-32(20-18-30)28(33)31-15-12-25(13-16-31)34-24-9-6-22(7-10-24)26-11-8-23-5-4-14-29-27(23)21(26)2;1-6-2-4-7(5-3-6)11(8,9)10/h4-11,14,25H,3,12-13,15-20H2,1-2H3;2-5H,1H3,(H,8,9,10). The van der Waals surface area contributed by atoms with E-state index in [1.807, 2.05) is 29.0 Å². The monoisotopic (exact) mass is 630 g/mol. The average Bonchev–Trinajstić information content (AvgIpc) is 3.06. The molecule has 6 rings (SSSR count). The zero-order chi connectivity index (χ0) is 32.0. The van der Waals surface area contributed by atoms with Crippen molar-refractivity contribution in [1.29, 1.82) is 0 Å². The molecule has 0 aliphatic carbocycles. The molecule has 2 fully saturated rings. The Morgan fingerprint density at radius 2 is 1.51 bits per heavy atom. The second-order valence-corrected chi connectivity index (χ2v) is 13.1. The molecule has 0 radical (unpaired) electrons. The number of aryl methyl sites for hydroxylation is 2. The topological polar surface area (TPSA) is 103 Å². The predicted octanol–water partition coefficient (Wildman–Crippen LogP) is 6.05. The molecule has 3 aromatic carbocycles. The van der Waals surface area contributed by atoms with Crippen LogP contribution in [-0.4, -0.2) is 90.6 Å². The van der Waals surface area contributed by atoms with Crippen molar-refractivity contribution in [2.45, 2.75) is 44.6 Å². The van der Waals surface area contributed by atoms with E-state index < -0.39 is 10.1 Å². The van der Waals surface area contributed by atoms with Crippen LogP contribution in [0.4, 0.5) is 4.79 Å². The number of fused-ring (bicyclic) bond motifs is 1. The third-order valence-electron chi connectivity index (χ3n) is 8.62. The van der Waals surface area contributed by atoms with Crippen molar-refractivity contribution in [1.82, 2.24) is 19.7 Å². The molecule has 2 aliphatic rings. The molecule has 9 nitrogen and oxygen atoms in total. The van der Waals surface area contributed by atoms with Gasteiger partial charge in [-0.25, -0.2) is 4.79 Å². The van der Waals surface area contributed by atoms with Gasteiger partial charge in [0.2, 0.25) is 0 Å². The molecule has 1 aromatic heterocycles. The maximum absolute atomic E-state index is 12.9. The fourth-order valence-electron chi connectivity index (χ4n) is 5.84. The van der Waals surface area contributed by atoms with Crippen LogP contribution >= 0.6 is 0 Å². The molecule has 45 heavy (non-hydrogen) atoms. The van der Waals surface area contributed by atoms with Crippen LogP contribution in [0.25, 0.3) is 22.0 Å². The van der Waals surface area contributed by atoms with Crippen LogP contribution < -0.4 is 4.74 Å². The van der Waals surface area contributed by atoms with Gasteiger partial charge in [-0.05, 0) is 67.4 Å². The molecule has 0 spiro atoms. The molecule has 4 aromatic rings. The zero-order valence-corrected chi connectivity index (χ0v) is 27.0. The van der Waals surface area contributed by atoms with Crippen molar-refractivity contribution >= 4 is 27.1 Å². The molecular weight excluding hydrogens is 588 g/mol. The average molecular weight is 631 g/mol. The Hall–Kier alpha value is -3.99. The van der Waals surface area contributed by atoms with E-state index in [9.17, 15) is 13.2 Å². The second kappa shape index (κ2) is 14.4. The Bertz CT molecular complexity index is 1690. The summed E-state index contributed by atoms with van der Waals surface area (Å²) in [5.74, 6) is 0.890. The molecule has 0 unspecified atom stereocenters.